The lowest BCUT2D eigenvalue weighted by molar-refractivity contribution is 0.489. The van der Waals surface area contributed by atoms with Crippen LogP contribution in [0.15, 0.2) is 83.5 Å². The number of pyridine rings is 2. The molecule has 2 heterocycles. The van der Waals surface area contributed by atoms with Gasteiger partial charge in [0.15, 0.2) is 0 Å². The van der Waals surface area contributed by atoms with Crippen LogP contribution in [0.3, 0.4) is 0 Å². The molecule has 0 saturated heterocycles. The molecule has 4 aromatic rings. The zero-order valence-electron chi connectivity index (χ0n) is 17.2. The lowest BCUT2D eigenvalue weighted by Gasteiger charge is -2.29. The Bertz CT molecular complexity index is 1230. The number of fused-ring (bicyclic) bond motifs is 3. The van der Waals surface area contributed by atoms with Gasteiger partial charge in [-0.2, -0.15) is 0 Å². The second kappa shape index (κ2) is 7.48. The number of aromatic nitrogens is 2. The number of hydrogen-bond acceptors (Lipinski definition) is 2. The standard InChI is InChI=1S/C27H23BrN2/c1-3-27(4-2)22-14-15-24(30-26(22)25-23(27)16-19(28)17-29-25)21-13-9-8-12-20(21)18-10-6-5-7-11-18/h5-17H,3-4H2,1-2H3. The fraction of sp³-hybridized carbons (Fsp3) is 0.185. The van der Waals surface area contributed by atoms with Crippen molar-refractivity contribution in [1.82, 2.24) is 9.97 Å². The predicted molar refractivity (Wildman–Crippen MR) is 127 cm³/mol. The van der Waals surface area contributed by atoms with E-state index in [2.05, 4.69) is 103 Å². The summed E-state index contributed by atoms with van der Waals surface area (Å²) in [5.74, 6) is 0. The van der Waals surface area contributed by atoms with E-state index >= 15 is 0 Å². The molecule has 0 N–H and O–H groups in total. The topological polar surface area (TPSA) is 25.8 Å². The molecule has 2 nitrogen and oxygen atoms in total. The van der Waals surface area contributed by atoms with E-state index in [0.717, 1.165) is 40.0 Å². The minimum absolute atomic E-state index is 0.0219. The van der Waals surface area contributed by atoms with Gasteiger partial charge in [0.25, 0.3) is 0 Å². The van der Waals surface area contributed by atoms with Gasteiger partial charge in [-0.15, -0.1) is 0 Å². The van der Waals surface area contributed by atoms with Crippen LogP contribution in [0.4, 0.5) is 0 Å². The molecule has 0 radical (unpaired) electrons. The zero-order valence-corrected chi connectivity index (χ0v) is 18.8. The fourth-order valence-electron chi connectivity index (χ4n) is 4.90. The smallest absolute Gasteiger partial charge is 0.0937 e. The SMILES string of the molecule is CCC1(CC)c2cc(Br)cnc2-c2nc(-c3ccccc3-c3ccccc3)ccc21. The molecule has 3 heteroatoms. The number of nitrogens with zero attached hydrogens (tertiary/aromatic N) is 2. The van der Waals surface area contributed by atoms with E-state index in [1.54, 1.807) is 0 Å². The molecule has 2 aromatic carbocycles. The van der Waals surface area contributed by atoms with Crippen LogP contribution in [0.25, 0.3) is 33.8 Å². The summed E-state index contributed by atoms with van der Waals surface area (Å²) in [6.45, 7) is 4.53. The van der Waals surface area contributed by atoms with Crippen molar-refractivity contribution < 1.29 is 0 Å². The summed E-state index contributed by atoms with van der Waals surface area (Å²) in [6.07, 6.45) is 3.95. The summed E-state index contributed by atoms with van der Waals surface area (Å²) < 4.78 is 1.02. The highest BCUT2D eigenvalue weighted by Crippen LogP contribution is 2.52. The summed E-state index contributed by atoms with van der Waals surface area (Å²) in [7, 11) is 0. The van der Waals surface area contributed by atoms with Crippen LogP contribution in [0, 0.1) is 0 Å². The summed E-state index contributed by atoms with van der Waals surface area (Å²) in [5, 5.41) is 0. The number of hydrogen-bond donors (Lipinski definition) is 0. The van der Waals surface area contributed by atoms with Crippen molar-refractivity contribution in [1.29, 1.82) is 0 Å². The van der Waals surface area contributed by atoms with Crippen LogP contribution in [0.2, 0.25) is 0 Å². The predicted octanol–water partition coefficient (Wildman–Crippen LogP) is 7.66. The number of rotatable bonds is 4. The highest BCUT2D eigenvalue weighted by molar-refractivity contribution is 9.10. The lowest BCUT2D eigenvalue weighted by atomic mass is 9.74. The van der Waals surface area contributed by atoms with Crippen LogP contribution in [-0.4, -0.2) is 9.97 Å². The van der Waals surface area contributed by atoms with Gasteiger partial charge in [0, 0.05) is 21.6 Å². The molecule has 0 bridgehead atoms. The molecule has 30 heavy (non-hydrogen) atoms. The molecule has 0 aliphatic heterocycles. The number of halogens is 1. The first-order chi connectivity index (χ1) is 14.7. The van der Waals surface area contributed by atoms with Gasteiger partial charge in [0.2, 0.25) is 0 Å². The molecular formula is C27H23BrN2. The third kappa shape index (κ3) is 2.84. The highest BCUT2D eigenvalue weighted by atomic mass is 79.9. The van der Waals surface area contributed by atoms with Crippen molar-refractivity contribution >= 4 is 15.9 Å². The minimum Gasteiger partial charge on any atom is -0.253 e. The molecule has 0 saturated carbocycles. The lowest BCUT2D eigenvalue weighted by Crippen LogP contribution is -2.23. The van der Waals surface area contributed by atoms with Crippen LogP contribution >= 0.6 is 15.9 Å². The molecule has 1 aliphatic rings. The molecule has 148 valence electrons. The van der Waals surface area contributed by atoms with Crippen molar-refractivity contribution in [2.24, 2.45) is 0 Å². The van der Waals surface area contributed by atoms with Gasteiger partial charge in [0.1, 0.15) is 0 Å². The van der Waals surface area contributed by atoms with E-state index in [0.29, 0.717) is 0 Å². The first-order valence-electron chi connectivity index (χ1n) is 10.5. The van der Waals surface area contributed by atoms with Crippen LogP contribution < -0.4 is 0 Å². The van der Waals surface area contributed by atoms with Gasteiger partial charge in [0.05, 0.1) is 17.1 Å². The maximum Gasteiger partial charge on any atom is 0.0937 e. The van der Waals surface area contributed by atoms with Gasteiger partial charge >= 0.3 is 0 Å². The Morgan fingerprint density at radius 3 is 2.20 bits per heavy atom. The van der Waals surface area contributed by atoms with Gasteiger partial charge in [-0.05, 0) is 63.2 Å². The molecule has 2 aromatic heterocycles. The monoisotopic (exact) mass is 454 g/mol. The van der Waals surface area contributed by atoms with Gasteiger partial charge in [-0.25, -0.2) is 4.98 Å². The minimum atomic E-state index is -0.0219. The summed E-state index contributed by atoms with van der Waals surface area (Å²) in [6, 6.07) is 25.7. The van der Waals surface area contributed by atoms with Gasteiger partial charge in [-0.1, -0.05) is 74.5 Å². The van der Waals surface area contributed by atoms with Crippen LogP contribution in [0.1, 0.15) is 37.8 Å². The van der Waals surface area contributed by atoms with E-state index in [-0.39, 0.29) is 5.41 Å². The molecule has 0 spiro atoms. The Kier molecular flexibility index (Phi) is 4.79. The van der Waals surface area contributed by atoms with E-state index in [1.807, 2.05) is 6.20 Å². The summed E-state index contributed by atoms with van der Waals surface area (Å²) >= 11 is 3.62. The number of benzene rings is 2. The summed E-state index contributed by atoms with van der Waals surface area (Å²) in [5.41, 5.74) is 9.16. The fourth-order valence-corrected chi connectivity index (χ4v) is 5.23. The molecule has 0 atom stereocenters. The van der Waals surface area contributed by atoms with E-state index in [9.17, 15) is 0 Å². The first-order valence-corrected chi connectivity index (χ1v) is 11.3. The average Bonchev–Trinajstić information content (AvgIpc) is 3.08. The second-order valence-corrected chi connectivity index (χ2v) is 8.76. The summed E-state index contributed by atoms with van der Waals surface area (Å²) in [4.78, 5) is 9.99. The molecule has 0 amide bonds. The Balaban J connectivity index is 1.73. The van der Waals surface area contributed by atoms with Crippen molar-refractivity contribution in [2.45, 2.75) is 32.1 Å². The first kappa shape index (κ1) is 19.2. The molecule has 0 unspecified atom stereocenters. The van der Waals surface area contributed by atoms with Crippen molar-refractivity contribution in [3.63, 3.8) is 0 Å². The molecule has 5 rings (SSSR count). The van der Waals surface area contributed by atoms with Crippen molar-refractivity contribution in [3.05, 3.63) is 94.6 Å². The molecule has 0 fully saturated rings. The maximum absolute atomic E-state index is 5.19. The quantitative estimate of drug-likeness (QED) is 0.316. The Hall–Kier alpha value is -2.78. The molecular weight excluding hydrogens is 432 g/mol. The average molecular weight is 455 g/mol. The van der Waals surface area contributed by atoms with Gasteiger partial charge < -0.3 is 0 Å². The Morgan fingerprint density at radius 1 is 0.767 bits per heavy atom. The Morgan fingerprint density at radius 2 is 1.47 bits per heavy atom. The van der Waals surface area contributed by atoms with Crippen molar-refractivity contribution in [2.75, 3.05) is 0 Å². The van der Waals surface area contributed by atoms with Crippen LogP contribution in [0.5, 0.6) is 0 Å². The van der Waals surface area contributed by atoms with E-state index in [1.165, 1.54) is 22.3 Å². The zero-order chi connectivity index (χ0) is 20.7. The van der Waals surface area contributed by atoms with Crippen molar-refractivity contribution in [3.8, 4) is 33.8 Å². The largest absolute Gasteiger partial charge is 0.253 e. The third-order valence-electron chi connectivity index (χ3n) is 6.50. The van der Waals surface area contributed by atoms with Crippen LogP contribution in [-0.2, 0) is 5.41 Å². The van der Waals surface area contributed by atoms with Gasteiger partial charge in [-0.3, -0.25) is 4.98 Å². The van der Waals surface area contributed by atoms with E-state index < -0.39 is 0 Å². The second-order valence-electron chi connectivity index (χ2n) is 7.84. The normalized spacial score (nSPS) is 13.7. The molecule has 1 aliphatic carbocycles. The Labute approximate surface area is 186 Å². The maximum atomic E-state index is 5.19. The highest BCUT2D eigenvalue weighted by Gasteiger charge is 2.42. The third-order valence-corrected chi connectivity index (χ3v) is 6.93. The van der Waals surface area contributed by atoms with E-state index in [4.69, 9.17) is 9.97 Å².